The van der Waals surface area contributed by atoms with Gasteiger partial charge in [0.25, 0.3) is 0 Å². The standard InChI is InChI=1S/C27H37N3O8S/c31-16-6-8-19-22(12-16)38-21-4-2-1-3-18(21)25(19)17-7-5-15(11-20(17)26(36)37)29-27(39)28-9-10-30(13-23(32)33)14-24(34)35/h6,8,12,15,17-21,25H,1-5,7,9-11,13-14H2,(H,32,33)(H,34,35)(H,36,37)(H2,28,29,39). The number of thiocarbonyl (C=S) groups is 1. The maximum Gasteiger partial charge on any atom is 0.317 e. The van der Waals surface area contributed by atoms with E-state index in [1.54, 1.807) is 12.2 Å². The predicted octanol–water partition coefficient (Wildman–Crippen LogP) is 1.64. The number of ether oxygens (including phenoxy) is 1. The summed E-state index contributed by atoms with van der Waals surface area (Å²) >= 11 is 5.40. The second-order valence-electron chi connectivity index (χ2n) is 11.0. The van der Waals surface area contributed by atoms with Crippen LogP contribution in [0.2, 0.25) is 0 Å². The summed E-state index contributed by atoms with van der Waals surface area (Å²) in [5.74, 6) is -2.81. The van der Waals surface area contributed by atoms with E-state index in [9.17, 15) is 24.3 Å². The number of hydrogen-bond donors (Lipinski definition) is 5. The molecule has 3 aliphatic carbocycles. The Morgan fingerprint density at radius 2 is 1.74 bits per heavy atom. The van der Waals surface area contributed by atoms with Crippen molar-refractivity contribution < 1.29 is 39.2 Å². The summed E-state index contributed by atoms with van der Waals surface area (Å²) in [4.78, 5) is 47.8. The Kier molecular flexibility index (Phi) is 9.60. The summed E-state index contributed by atoms with van der Waals surface area (Å²) < 4.78 is 6.29. The number of ketones is 1. The maximum absolute atomic E-state index is 12.5. The largest absolute Gasteiger partial charge is 0.494 e. The van der Waals surface area contributed by atoms with E-state index in [1.807, 2.05) is 6.08 Å². The van der Waals surface area contributed by atoms with Crippen LogP contribution in [0.4, 0.5) is 0 Å². The van der Waals surface area contributed by atoms with E-state index in [2.05, 4.69) is 10.6 Å². The third-order valence-corrected chi connectivity index (χ3v) is 8.78. The molecule has 1 heterocycles. The summed E-state index contributed by atoms with van der Waals surface area (Å²) in [5, 5.41) is 34.8. The Morgan fingerprint density at radius 3 is 2.44 bits per heavy atom. The second kappa shape index (κ2) is 12.9. The lowest BCUT2D eigenvalue weighted by atomic mass is 9.58. The second-order valence-corrected chi connectivity index (χ2v) is 11.4. The lowest BCUT2D eigenvalue weighted by molar-refractivity contribution is -0.151. The third-order valence-electron chi connectivity index (χ3n) is 8.51. The molecule has 0 amide bonds. The molecule has 1 aliphatic heterocycles. The molecule has 0 aromatic heterocycles. The topological polar surface area (TPSA) is 165 Å². The van der Waals surface area contributed by atoms with Crippen molar-refractivity contribution in [2.24, 2.45) is 29.6 Å². The van der Waals surface area contributed by atoms with Crippen molar-refractivity contribution in [3.8, 4) is 0 Å². The third kappa shape index (κ3) is 7.36. The Balaban J connectivity index is 1.38. The van der Waals surface area contributed by atoms with Gasteiger partial charge < -0.3 is 30.7 Å². The van der Waals surface area contributed by atoms with Crippen LogP contribution in [0, 0.1) is 29.6 Å². The Morgan fingerprint density at radius 1 is 1.03 bits per heavy atom. The van der Waals surface area contributed by atoms with Crippen molar-refractivity contribution in [1.82, 2.24) is 15.5 Å². The Hall–Kier alpha value is -2.99. The molecule has 0 aromatic rings. The molecule has 3 fully saturated rings. The molecule has 0 radical (unpaired) electrons. The Bertz CT molecular complexity index is 1030. The SMILES string of the molecule is O=C1C=CC2C(=C1)OC1CCCCC1C2C1CCC(NC(=S)NCCN(CC(=O)O)CC(=O)O)CC1C(=O)O. The molecule has 0 aromatic carbocycles. The number of carboxylic acids is 3. The number of nitrogens with zero attached hydrogens (tertiary/aromatic N) is 1. The van der Waals surface area contributed by atoms with Gasteiger partial charge in [-0.3, -0.25) is 24.1 Å². The summed E-state index contributed by atoms with van der Waals surface area (Å²) in [5.41, 5.74) is 0. The van der Waals surface area contributed by atoms with Crippen molar-refractivity contribution in [1.29, 1.82) is 0 Å². The van der Waals surface area contributed by atoms with Gasteiger partial charge in [0.1, 0.15) is 11.9 Å². The van der Waals surface area contributed by atoms with E-state index in [0.29, 0.717) is 23.7 Å². The zero-order chi connectivity index (χ0) is 28.1. The van der Waals surface area contributed by atoms with E-state index < -0.39 is 36.9 Å². The van der Waals surface area contributed by atoms with Crippen LogP contribution < -0.4 is 10.6 Å². The average molecular weight is 564 g/mol. The number of carbonyl (C=O) groups is 4. The normalized spacial score (nSPS) is 31.8. The van der Waals surface area contributed by atoms with Gasteiger partial charge in [0.15, 0.2) is 10.9 Å². The molecule has 7 atom stereocenters. The lowest BCUT2D eigenvalue weighted by Gasteiger charge is -2.51. The first-order valence-corrected chi connectivity index (χ1v) is 14.1. The minimum atomic E-state index is -1.12. The molecule has 7 unspecified atom stereocenters. The molecule has 39 heavy (non-hydrogen) atoms. The maximum atomic E-state index is 12.5. The molecule has 4 aliphatic rings. The molecule has 4 rings (SSSR count). The van der Waals surface area contributed by atoms with Crippen LogP contribution in [0.15, 0.2) is 24.0 Å². The van der Waals surface area contributed by atoms with Crippen molar-refractivity contribution in [3.05, 3.63) is 24.0 Å². The number of hydrogen-bond acceptors (Lipinski definition) is 7. The molecule has 1 saturated heterocycles. The first-order valence-electron chi connectivity index (χ1n) is 13.7. The van der Waals surface area contributed by atoms with Gasteiger partial charge in [-0.2, -0.15) is 0 Å². The minimum Gasteiger partial charge on any atom is -0.494 e. The van der Waals surface area contributed by atoms with Gasteiger partial charge in [-0.05, 0) is 74.6 Å². The quantitative estimate of drug-likeness (QED) is 0.244. The fraction of sp³-hybridized carbons (Fsp3) is 0.667. The van der Waals surface area contributed by atoms with E-state index in [0.717, 1.165) is 32.1 Å². The zero-order valence-electron chi connectivity index (χ0n) is 21.8. The fourth-order valence-electron chi connectivity index (χ4n) is 6.98. The van der Waals surface area contributed by atoms with Crippen molar-refractivity contribution >= 4 is 41.0 Å². The summed E-state index contributed by atoms with van der Waals surface area (Å²) in [6.07, 6.45) is 11.0. The van der Waals surface area contributed by atoms with Gasteiger partial charge in [0, 0.05) is 31.1 Å². The van der Waals surface area contributed by atoms with Crippen LogP contribution in [-0.2, 0) is 23.9 Å². The number of aliphatic carboxylic acids is 3. The molecule has 2 saturated carbocycles. The van der Waals surface area contributed by atoms with Gasteiger partial charge in [0.2, 0.25) is 0 Å². The van der Waals surface area contributed by atoms with Gasteiger partial charge in [-0.1, -0.05) is 12.5 Å². The molecule has 0 bridgehead atoms. The lowest BCUT2D eigenvalue weighted by Crippen LogP contribution is -2.52. The number of carbonyl (C=O) groups excluding carboxylic acids is 1. The number of nitrogens with one attached hydrogen (secondary N) is 2. The van der Waals surface area contributed by atoms with Gasteiger partial charge in [-0.15, -0.1) is 0 Å². The fourth-order valence-corrected chi connectivity index (χ4v) is 7.24. The van der Waals surface area contributed by atoms with Crippen LogP contribution in [0.25, 0.3) is 0 Å². The van der Waals surface area contributed by atoms with Crippen LogP contribution in [-0.4, -0.2) is 87.3 Å². The van der Waals surface area contributed by atoms with Crippen LogP contribution in [0.1, 0.15) is 44.9 Å². The number of carboxylic acid groups (broad SMARTS) is 3. The van der Waals surface area contributed by atoms with Crippen molar-refractivity contribution in [2.45, 2.75) is 57.1 Å². The first kappa shape index (κ1) is 29.0. The van der Waals surface area contributed by atoms with Crippen LogP contribution in [0.3, 0.4) is 0 Å². The van der Waals surface area contributed by atoms with Crippen molar-refractivity contribution in [2.75, 3.05) is 26.2 Å². The van der Waals surface area contributed by atoms with E-state index in [1.165, 1.54) is 4.90 Å². The number of rotatable bonds is 10. The van der Waals surface area contributed by atoms with Gasteiger partial charge in [-0.25, -0.2) is 0 Å². The Labute approximate surface area is 232 Å². The number of fused-ring (bicyclic) bond motifs is 2. The highest BCUT2D eigenvalue weighted by atomic mass is 32.1. The molecule has 0 spiro atoms. The average Bonchev–Trinajstić information content (AvgIpc) is 2.86. The molecule has 11 nitrogen and oxygen atoms in total. The van der Waals surface area contributed by atoms with Crippen molar-refractivity contribution in [3.63, 3.8) is 0 Å². The monoisotopic (exact) mass is 563 g/mol. The summed E-state index contributed by atoms with van der Waals surface area (Å²) in [6.45, 7) is -0.372. The highest BCUT2D eigenvalue weighted by Crippen LogP contribution is 2.52. The highest BCUT2D eigenvalue weighted by Gasteiger charge is 2.51. The van der Waals surface area contributed by atoms with E-state index in [-0.39, 0.29) is 54.7 Å². The summed E-state index contributed by atoms with van der Waals surface area (Å²) in [7, 11) is 0. The molecule has 5 N–H and O–H groups in total. The van der Waals surface area contributed by atoms with E-state index >= 15 is 0 Å². The first-order chi connectivity index (χ1) is 18.6. The number of allylic oxidation sites excluding steroid dienone is 3. The molecular weight excluding hydrogens is 526 g/mol. The van der Waals surface area contributed by atoms with Gasteiger partial charge >= 0.3 is 17.9 Å². The predicted molar refractivity (Wildman–Crippen MR) is 144 cm³/mol. The zero-order valence-corrected chi connectivity index (χ0v) is 22.6. The molecule has 12 heteroatoms. The van der Waals surface area contributed by atoms with Gasteiger partial charge in [0.05, 0.1) is 19.0 Å². The molecular formula is C27H37N3O8S. The van der Waals surface area contributed by atoms with E-state index in [4.69, 9.17) is 27.2 Å². The van der Waals surface area contributed by atoms with Crippen LogP contribution >= 0.6 is 12.2 Å². The summed E-state index contributed by atoms with van der Waals surface area (Å²) in [6, 6.07) is -0.142. The minimum absolute atomic E-state index is 0.0226. The van der Waals surface area contributed by atoms with Crippen LogP contribution in [0.5, 0.6) is 0 Å². The molecule has 214 valence electrons. The smallest absolute Gasteiger partial charge is 0.317 e. The highest BCUT2D eigenvalue weighted by molar-refractivity contribution is 7.80.